The molecule has 1 N–H and O–H groups in total. The van der Waals surface area contributed by atoms with Gasteiger partial charge < -0.3 is 9.64 Å². The Kier molecular flexibility index (Phi) is 4.95. The van der Waals surface area contributed by atoms with E-state index in [-0.39, 0.29) is 12.0 Å². The van der Waals surface area contributed by atoms with E-state index < -0.39 is 5.54 Å². The van der Waals surface area contributed by atoms with Gasteiger partial charge in [-0.25, -0.2) is 0 Å². The Balaban J connectivity index is 2.85. The molecule has 100 valence electrons. The second-order valence-corrected chi connectivity index (χ2v) is 5.59. The van der Waals surface area contributed by atoms with Crippen LogP contribution in [0.4, 0.5) is 0 Å². The first-order valence-electron chi connectivity index (χ1n) is 6.44. The molecule has 1 aliphatic rings. The zero-order valence-corrected chi connectivity index (χ0v) is 11.7. The number of esters is 1. The van der Waals surface area contributed by atoms with E-state index in [0.29, 0.717) is 6.04 Å². The molecule has 1 saturated carbocycles. The first-order chi connectivity index (χ1) is 7.91. The van der Waals surface area contributed by atoms with E-state index in [1.165, 1.54) is 7.11 Å². The highest BCUT2D eigenvalue weighted by Gasteiger charge is 2.44. The zero-order valence-electron chi connectivity index (χ0n) is 11.7. The average molecular weight is 242 g/mol. The van der Waals surface area contributed by atoms with Gasteiger partial charge in [0.05, 0.1) is 7.11 Å². The molecule has 0 aromatic carbocycles. The highest BCUT2D eigenvalue weighted by molar-refractivity contribution is 5.81. The van der Waals surface area contributed by atoms with Gasteiger partial charge in [0, 0.05) is 12.1 Å². The van der Waals surface area contributed by atoms with E-state index >= 15 is 0 Å². The number of carbonyl (C=O) groups excluding carboxylic acids is 1. The van der Waals surface area contributed by atoms with Crippen LogP contribution in [-0.2, 0) is 9.53 Å². The van der Waals surface area contributed by atoms with Gasteiger partial charge in [-0.2, -0.15) is 0 Å². The number of carbonyl (C=O) groups is 1. The number of hydrogen-bond acceptors (Lipinski definition) is 4. The summed E-state index contributed by atoms with van der Waals surface area (Å²) < 4.78 is 5.00. The monoisotopic (exact) mass is 242 g/mol. The number of hydrogen-bond donors (Lipinski definition) is 1. The molecule has 1 aliphatic carbocycles. The zero-order chi connectivity index (χ0) is 13.1. The van der Waals surface area contributed by atoms with Crippen molar-refractivity contribution in [3.63, 3.8) is 0 Å². The number of ether oxygens (including phenoxy) is 1. The molecule has 0 aromatic rings. The second kappa shape index (κ2) is 5.83. The Hall–Kier alpha value is -0.610. The van der Waals surface area contributed by atoms with E-state index in [0.717, 1.165) is 25.7 Å². The maximum Gasteiger partial charge on any atom is 0.326 e. The molecule has 2 unspecified atom stereocenters. The van der Waals surface area contributed by atoms with Crippen molar-refractivity contribution in [2.75, 3.05) is 21.2 Å². The molecule has 17 heavy (non-hydrogen) atoms. The van der Waals surface area contributed by atoms with Crippen molar-refractivity contribution >= 4 is 5.97 Å². The summed E-state index contributed by atoms with van der Waals surface area (Å²) in [7, 11) is 5.63. The molecule has 2 atom stereocenters. The predicted octanol–water partition coefficient (Wildman–Crippen LogP) is 1.40. The molecular weight excluding hydrogens is 216 g/mol. The van der Waals surface area contributed by atoms with Crippen LogP contribution in [0.3, 0.4) is 0 Å². The van der Waals surface area contributed by atoms with Crippen molar-refractivity contribution in [3.05, 3.63) is 0 Å². The largest absolute Gasteiger partial charge is 0.468 e. The van der Waals surface area contributed by atoms with Gasteiger partial charge >= 0.3 is 5.97 Å². The quantitative estimate of drug-likeness (QED) is 0.757. The van der Waals surface area contributed by atoms with Crippen LogP contribution < -0.4 is 5.32 Å². The van der Waals surface area contributed by atoms with E-state index in [1.807, 2.05) is 0 Å². The highest BCUT2D eigenvalue weighted by atomic mass is 16.5. The van der Waals surface area contributed by atoms with E-state index in [2.05, 4.69) is 38.2 Å². The third kappa shape index (κ3) is 3.42. The van der Waals surface area contributed by atoms with Crippen molar-refractivity contribution in [1.29, 1.82) is 0 Å². The van der Waals surface area contributed by atoms with E-state index in [4.69, 9.17) is 4.74 Å². The third-order valence-electron chi connectivity index (χ3n) is 3.60. The van der Waals surface area contributed by atoms with Crippen LogP contribution >= 0.6 is 0 Å². The van der Waals surface area contributed by atoms with Crippen LogP contribution in [0.1, 0.15) is 39.5 Å². The summed E-state index contributed by atoms with van der Waals surface area (Å²) in [5, 5.41) is 3.43. The van der Waals surface area contributed by atoms with Crippen LogP contribution in [-0.4, -0.2) is 49.7 Å². The predicted molar refractivity (Wildman–Crippen MR) is 69.0 cm³/mol. The van der Waals surface area contributed by atoms with Crippen LogP contribution in [0.25, 0.3) is 0 Å². The Morgan fingerprint density at radius 3 is 2.59 bits per heavy atom. The van der Waals surface area contributed by atoms with Crippen LogP contribution in [0.15, 0.2) is 0 Å². The summed E-state index contributed by atoms with van der Waals surface area (Å²) in [5.41, 5.74) is -0.490. The normalized spacial score (nSPS) is 29.7. The fraction of sp³-hybridized carbons (Fsp3) is 0.923. The van der Waals surface area contributed by atoms with Gasteiger partial charge in [-0.3, -0.25) is 10.1 Å². The van der Waals surface area contributed by atoms with Gasteiger partial charge in [0.1, 0.15) is 5.54 Å². The Labute approximate surface area is 105 Å². The van der Waals surface area contributed by atoms with E-state index in [1.54, 1.807) is 0 Å². The molecule has 4 heteroatoms. The fourth-order valence-electron chi connectivity index (χ4n) is 2.81. The van der Waals surface area contributed by atoms with Crippen LogP contribution in [0.2, 0.25) is 0 Å². The molecular formula is C13H26N2O2. The second-order valence-electron chi connectivity index (χ2n) is 5.59. The maximum atomic E-state index is 12.1. The van der Waals surface area contributed by atoms with Gasteiger partial charge in [0.25, 0.3) is 0 Å². The lowest BCUT2D eigenvalue weighted by Crippen LogP contribution is -2.59. The first kappa shape index (κ1) is 14.5. The molecule has 0 radical (unpaired) electrons. The van der Waals surface area contributed by atoms with Crippen molar-refractivity contribution in [1.82, 2.24) is 10.2 Å². The summed E-state index contributed by atoms with van der Waals surface area (Å²) in [6.45, 7) is 4.15. The number of nitrogens with zero attached hydrogens (tertiary/aromatic N) is 1. The van der Waals surface area contributed by atoms with Crippen LogP contribution in [0, 0.1) is 0 Å². The molecule has 0 bridgehead atoms. The van der Waals surface area contributed by atoms with Crippen LogP contribution in [0.5, 0.6) is 0 Å². The highest BCUT2D eigenvalue weighted by Crippen LogP contribution is 2.32. The average Bonchev–Trinajstić information content (AvgIpc) is 2.27. The lowest BCUT2D eigenvalue weighted by molar-refractivity contribution is -0.151. The fourth-order valence-corrected chi connectivity index (χ4v) is 2.81. The lowest BCUT2D eigenvalue weighted by Gasteiger charge is -2.42. The molecule has 1 rings (SSSR count). The van der Waals surface area contributed by atoms with Crippen molar-refractivity contribution in [2.45, 2.75) is 57.2 Å². The summed E-state index contributed by atoms with van der Waals surface area (Å²) in [4.78, 5) is 14.3. The maximum absolute atomic E-state index is 12.1. The minimum absolute atomic E-state index is 0.113. The molecule has 0 heterocycles. The van der Waals surface area contributed by atoms with Gasteiger partial charge in [-0.15, -0.1) is 0 Å². The van der Waals surface area contributed by atoms with Crippen molar-refractivity contribution in [2.24, 2.45) is 0 Å². The summed E-state index contributed by atoms with van der Waals surface area (Å²) in [6.07, 6.45) is 3.94. The lowest BCUT2D eigenvalue weighted by atomic mass is 9.78. The van der Waals surface area contributed by atoms with Gasteiger partial charge in [0.15, 0.2) is 0 Å². The molecule has 0 saturated heterocycles. The minimum atomic E-state index is -0.490. The topological polar surface area (TPSA) is 41.6 Å². The summed E-state index contributed by atoms with van der Waals surface area (Å²) in [5.74, 6) is -0.113. The van der Waals surface area contributed by atoms with Gasteiger partial charge in [-0.1, -0.05) is 0 Å². The Morgan fingerprint density at radius 1 is 1.47 bits per heavy atom. The van der Waals surface area contributed by atoms with Gasteiger partial charge in [0.2, 0.25) is 0 Å². The molecule has 0 aliphatic heterocycles. The number of methoxy groups -OCH3 is 1. The standard InChI is InChI=1S/C13H26N2O2/c1-10(2)14-13(12(16)17-5)8-6-7-11(9-13)15(3)4/h10-11,14H,6-9H2,1-5H3. The van der Waals surface area contributed by atoms with E-state index in [9.17, 15) is 4.79 Å². The van der Waals surface area contributed by atoms with Crippen molar-refractivity contribution in [3.8, 4) is 0 Å². The molecule has 0 amide bonds. The Morgan fingerprint density at radius 2 is 2.12 bits per heavy atom. The van der Waals surface area contributed by atoms with Gasteiger partial charge in [-0.05, 0) is 53.6 Å². The number of rotatable bonds is 4. The molecule has 0 aromatic heterocycles. The first-order valence-corrected chi connectivity index (χ1v) is 6.44. The molecule has 0 spiro atoms. The minimum Gasteiger partial charge on any atom is -0.468 e. The number of nitrogens with one attached hydrogen (secondary N) is 1. The Bertz CT molecular complexity index is 266. The van der Waals surface area contributed by atoms with Crippen molar-refractivity contribution < 1.29 is 9.53 Å². The smallest absolute Gasteiger partial charge is 0.326 e. The third-order valence-corrected chi connectivity index (χ3v) is 3.60. The molecule has 1 fully saturated rings. The summed E-state index contributed by atoms with van der Waals surface area (Å²) in [6, 6.07) is 0.740. The summed E-state index contributed by atoms with van der Waals surface area (Å²) >= 11 is 0. The molecule has 4 nitrogen and oxygen atoms in total. The SMILES string of the molecule is COC(=O)C1(NC(C)C)CCCC(N(C)C)C1.